The van der Waals surface area contributed by atoms with Crippen molar-refractivity contribution in [2.75, 3.05) is 27.1 Å². The molecule has 1 aromatic rings. The molecule has 1 fully saturated rings. The van der Waals surface area contributed by atoms with Gasteiger partial charge in [-0.1, -0.05) is 0 Å². The zero-order valence-corrected chi connectivity index (χ0v) is 12.9. The van der Waals surface area contributed by atoms with Crippen LogP contribution in [0.4, 0.5) is 0 Å². The van der Waals surface area contributed by atoms with Crippen LogP contribution in [0.1, 0.15) is 17.9 Å². The SMILES string of the molecule is COc1cc(C2N[C@@H](C(C)=O)CS2)cc(OC)c1OC. The molecule has 1 saturated heterocycles. The Hall–Kier alpha value is -1.40. The topological polar surface area (TPSA) is 56.8 Å². The molecule has 1 N–H and O–H groups in total. The van der Waals surface area contributed by atoms with E-state index in [2.05, 4.69) is 5.32 Å². The van der Waals surface area contributed by atoms with Gasteiger partial charge in [0.05, 0.1) is 32.7 Å². The van der Waals surface area contributed by atoms with Crippen LogP contribution in [-0.2, 0) is 4.79 Å². The van der Waals surface area contributed by atoms with Crippen molar-refractivity contribution in [1.82, 2.24) is 5.32 Å². The summed E-state index contributed by atoms with van der Waals surface area (Å²) in [5.41, 5.74) is 1.01. The van der Waals surface area contributed by atoms with Crippen molar-refractivity contribution in [2.45, 2.75) is 18.3 Å². The second kappa shape index (κ2) is 6.37. The van der Waals surface area contributed by atoms with Crippen LogP contribution < -0.4 is 19.5 Å². The van der Waals surface area contributed by atoms with Crippen molar-refractivity contribution < 1.29 is 19.0 Å². The average molecular weight is 297 g/mol. The van der Waals surface area contributed by atoms with E-state index in [-0.39, 0.29) is 17.2 Å². The van der Waals surface area contributed by atoms with E-state index in [9.17, 15) is 4.79 Å². The van der Waals surface area contributed by atoms with Gasteiger partial charge in [0.2, 0.25) is 5.75 Å². The number of carbonyl (C=O) groups is 1. The van der Waals surface area contributed by atoms with Crippen LogP contribution >= 0.6 is 11.8 Å². The third-order valence-corrected chi connectivity index (χ3v) is 4.53. The third kappa shape index (κ3) is 2.86. The monoisotopic (exact) mass is 297 g/mol. The van der Waals surface area contributed by atoms with Crippen molar-refractivity contribution in [3.05, 3.63) is 17.7 Å². The number of rotatable bonds is 5. The number of Topliss-reactive ketones (excluding diaryl/α,β-unsaturated/α-hetero) is 1. The van der Waals surface area contributed by atoms with Crippen LogP contribution in [0, 0.1) is 0 Å². The van der Waals surface area contributed by atoms with E-state index < -0.39 is 0 Å². The average Bonchev–Trinajstić information content (AvgIpc) is 2.95. The number of ketones is 1. The van der Waals surface area contributed by atoms with Crippen LogP contribution in [-0.4, -0.2) is 38.9 Å². The summed E-state index contributed by atoms with van der Waals surface area (Å²) in [6.07, 6.45) is 0. The molecule has 1 aliphatic heterocycles. The van der Waals surface area contributed by atoms with E-state index >= 15 is 0 Å². The predicted octanol–water partition coefficient (Wildman–Crippen LogP) is 2.00. The molecule has 1 aromatic carbocycles. The van der Waals surface area contributed by atoms with Gasteiger partial charge in [-0.15, -0.1) is 11.8 Å². The summed E-state index contributed by atoms with van der Waals surface area (Å²) < 4.78 is 16.0. The lowest BCUT2D eigenvalue weighted by Crippen LogP contribution is -2.32. The Kier molecular flexibility index (Phi) is 4.77. The Balaban J connectivity index is 2.31. The van der Waals surface area contributed by atoms with Crippen molar-refractivity contribution in [3.8, 4) is 17.2 Å². The van der Waals surface area contributed by atoms with Gasteiger partial charge in [0, 0.05) is 5.75 Å². The number of hydrogen-bond acceptors (Lipinski definition) is 6. The molecule has 110 valence electrons. The summed E-state index contributed by atoms with van der Waals surface area (Å²) in [5, 5.41) is 3.36. The maximum Gasteiger partial charge on any atom is 0.203 e. The number of nitrogens with one attached hydrogen (secondary N) is 1. The van der Waals surface area contributed by atoms with Crippen molar-refractivity contribution in [2.24, 2.45) is 0 Å². The fourth-order valence-corrected chi connectivity index (χ4v) is 3.46. The molecule has 0 bridgehead atoms. The van der Waals surface area contributed by atoms with Crippen LogP contribution in [0.3, 0.4) is 0 Å². The van der Waals surface area contributed by atoms with Gasteiger partial charge in [0.25, 0.3) is 0 Å². The lowest BCUT2D eigenvalue weighted by molar-refractivity contribution is -0.118. The largest absolute Gasteiger partial charge is 0.493 e. The predicted molar refractivity (Wildman–Crippen MR) is 78.9 cm³/mol. The zero-order chi connectivity index (χ0) is 14.7. The minimum absolute atomic E-state index is 0.0533. The molecule has 1 heterocycles. The Morgan fingerprint density at radius 3 is 2.20 bits per heavy atom. The molecular weight excluding hydrogens is 278 g/mol. The van der Waals surface area contributed by atoms with E-state index in [4.69, 9.17) is 14.2 Å². The molecular formula is C14H19NO4S. The molecule has 20 heavy (non-hydrogen) atoms. The number of benzene rings is 1. The highest BCUT2D eigenvalue weighted by Gasteiger charge is 2.29. The fraction of sp³-hybridized carbons (Fsp3) is 0.500. The Labute approximate surface area is 123 Å². The van der Waals surface area contributed by atoms with Crippen molar-refractivity contribution >= 4 is 17.5 Å². The summed E-state index contributed by atoms with van der Waals surface area (Å²) >= 11 is 1.70. The number of hydrogen-bond donors (Lipinski definition) is 1. The second-order valence-electron chi connectivity index (χ2n) is 4.50. The van der Waals surface area contributed by atoms with E-state index in [1.165, 1.54) is 0 Å². The molecule has 0 aromatic heterocycles. The van der Waals surface area contributed by atoms with Gasteiger partial charge < -0.3 is 14.2 Å². The van der Waals surface area contributed by atoms with Gasteiger partial charge in [0.15, 0.2) is 11.5 Å². The highest BCUT2D eigenvalue weighted by molar-refractivity contribution is 7.99. The summed E-state index contributed by atoms with van der Waals surface area (Å²) in [6, 6.07) is 3.73. The molecule has 1 aliphatic rings. The Morgan fingerprint density at radius 1 is 1.20 bits per heavy atom. The highest BCUT2D eigenvalue weighted by Crippen LogP contribution is 2.43. The summed E-state index contributed by atoms with van der Waals surface area (Å²) in [6.45, 7) is 1.61. The fourth-order valence-electron chi connectivity index (χ4n) is 2.15. The van der Waals surface area contributed by atoms with Gasteiger partial charge in [-0.25, -0.2) is 0 Å². The summed E-state index contributed by atoms with van der Waals surface area (Å²) in [5.74, 6) is 2.75. The quantitative estimate of drug-likeness (QED) is 0.897. The first kappa shape index (κ1) is 15.0. The van der Waals surface area contributed by atoms with E-state index in [0.29, 0.717) is 17.2 Å². The van der Waals surface area contributed by atoms with Crippen molar-refractivity contribution in [1.29, 1.82) is 0 Å². The van der Waals surface area contributed by atoms with E-state index in [0.717, 1.165) is 11.3 Å². The van der Waals surface area contributed by atoms with Gasteiger partial charge in [-0.3, -0.25) is 10.1 Å². The summed E-state index contributed by atoms with van der Waals surface area (Å²) in [7, 11) is 4.76. The number of thioether (sulfide) groups is 1. The third-order valence-electron chi connectivity index (χ3n) is 3.26. The standard InChI is InChI=1S/C14H19NO4S/c1-8(16)10-7-20-14(15-10)9-5-11(17-2)13(19-4)12(6-9)18-3/h5-6,10,14-15H,7H2,1-4H3/t10-,14?/m1/s1. The maximum absolute atomic E-state index is 11.4. The lowest BCUT2D eigenvalue weighted by Gasteiger charge is -2.17. The molecule has 0 radical (unpaired) electrons. The van der Waals surface area contributed by atoms with Gasteiger partial charge in [-0.05, 0) is 24.6 Å². The molecule has 0 aliphatic carbocycles. The van der Waals surface area contributed by atoms with Crippen LogP contribution in [0.5, 0.6) is 17.2 Å². The molecule has 0 spiro atoms. The van der Waals surface area contributed by atoms with E-state index in [1.807, 2.05) is 12.1 Å². The van der Waals surface area contributed by atoms with E-state index in [1.54, 1.807) is 40.0 Å². The molecule has 2 rings (SSSR count). The Bertz CT molecular complexity index is 481. The maximum atomic E-state index is 11.4. The minimum Gasteiger partial charge on any atom is -0.493 e. The molecule has 1 unspecified atom stereocenters. The van der Waals surface area contributed by atoms with Gasteiger partial charge in [0.1, 0.15) is 5.78 Å². The first-order chi connectivity index (χ1) is 9.60. The van der Waals surface area contributed by atoms with Crippen molar-refractivity contribution in [3.63, 3.8) is 0 Å². The first-order valence-electron chi connectivity index (χ1n) is 6.28. The Morgan fingerprint density at radius 2 is 1.80 bits per heavy atom. The van der Waals surface area contributed by atoms with Crippen LogP contribution in [0.15, 0.2) is 12.1 Å². The molecule has 2 atom stereocenters. The highest BCUT2D eigenvalue weighted by atomic mass is 32.2. The van der Waals surface area contributed by atoms with Gasteiger partial charge in [-0.2, -0.15) is 0 Å². The molecule has 0 saturated carbocycles. The normalized spacial score (nSPS) is 21.6. The van der Waals surface area contributed by atoms with Gasteiger partial charge >= 0.3 is 0 Å². The smallest absolute Gasteiger partial charge is 0.203 e. The lowest BCUT2D eigenvalue weighted by atomic mass is 10.1. The van der Waals surface area contributed by atoms with Crippen LogP contribution in [0.2, 0.25) is 0 Å². The first-order valence-corrected chi connectivity index (χ1v) is 7.33. The number of methoxy groups -OCH3 is 3. The summed E-state index contributed by atoms with van der Waals surface area (Å²) in [4.78, 5) is 11.4. The zero-order valence-electron chi connectivity index (χ0n) is 12.1. The van der Waals surface area contributed by atoms with Crippen LogP contribution in [0.25, 0.3) is 0 Å². The molecule has 5 nitrogen and oxygen atoms in total. The number of carbonyl (C=O) groups excluding carboxylic acids is 1. The number of ether oxygens (including phenoxy) is 3. The second-order valence-corrected chi connectivity index (χ2v) is 5.64. The molecule has 0 amide bonds. The minimum atomic E-state index is -0.0934. The molecule has 6 heteroatoms.